The maximum Gasteiger partial charge on any atom is 0.450 e. The molecule has 1 aliphatic heterocycles. The van der Waals surface area contributed by atoms with Crippen molar-refractivity contribution in [2.24, 2.45) is 0 Å². The predicted molar refractivity (Wildman–Crippen MR) is 105 cm³/mol. The van der Waals surface area contributed by atoms with Crippen molar-refractivity contribution >= 4 is 11.0 Å². The van der Waals surface area contributed by atoms with Crippen molar-refractivity contribution < 1.29 is 31.5 Å². The lowest BCUT2D eigenvalue weighted by Crippen LogP contribution is -2.33. The third-order valence-corrected chi connectivity index (χ3v) is 5.12. The molecule has 2 aromatic carbocycles. The third-order valence-electron chi connectivity index (χ3n) is 5.12. The number of alkyl halides is 3. The van der Waals surface area contributed by atoms with Gasteiger partial charge in [0.1, 0.15) is 23.9 Å². The molecule has 0 radical (unpaired) electrons. The van der Waals surface area contributed by atoms with Gasteiger partial charge in [0.15, 0.2) is 0 Å². The summed E-state index contributed by atoms with van der Waals surface area (Å²) in [5, 5.41) is 0.00779. The van der Waals surface area contributed by atoms with Crippen LogP contribution < -0.4 is 10.2 Å². The van der Waals surface area contributed by atoms with Gasteiger partial charge in [-0.25, -0.2) is 4.39 Å². The van der Waals surface area contributed by atoms with Crippen LogP contribution >= 0.6 is 0 Å². The summed E-state index contributed by atoms with van der Waals surface area (Å²) < 4.78 is 70.9. The minimum atomic E-state index is -4.92. The van der Waals surface area contributed by atoms with Crippen LogP contribution in [0.5, 0.6) is 5.75 Å². The summed E-state index contributed by atoms with van der Waals surface area (Å²) in [6.07, 6.45) is -4.21. The molecule has 0 atom stereocenters. The van der Waals surface area contributed by atoms with Crippen molar-refractivity contribution in [3.63, 3.8) is 0 Å². The quantitative estimate of drug-likeness (QED) is 0.424. The first-order valence-electron chi connectivity index (χ1n) is 9.59. The number of hydrogen-bond acceptors (Lipinski definition) is 5. The van der Waals surface area contributed by atoms with Gasteiger partial charge in [0.2, 0.25) is 11.2 Å². The van der Waals surface area contributed by atoms with E-state index in [1.807, 2.05) is 4.90 Å². The number of nitrogens with zero attached hydrogens (tertiary/aromatic N) is 1. The Kier molecular flexibility index (Phi) is 5.72. The Labute approximate surface area is 174 Å². The lowest BCUT2D eigenvalue weighted by atomic mass is 9.99. The van der Waals surface area contributed by atoms with Crippen LogP contribution in [-0.2, 0) is 17.5 Å². The zero-order valence-corrected chi connectivity index (χ0v) is 16.6. The molecule has 0 fully saturated rings. The molecule has 2 heterocycles. The van der Waals surface area contributed by atoms with Gasteiger partial charge in [-0.15, -0.1) is 0 Å². The molecule has 164 valence electrons. The van der Waals surface area contributed by atoms with Gasteiger partial charge in [-0.2, -0.15) is 13.2 Å². The standard InChI is InChI=1S/C22H19F4NO4/c1-29-10-2-9-27-11-16-17(30-12-27)8-7-15-19(28)18(13-3-5-14(23)6-4-13)21(22(24,25)26)31-20(15)16/h3-8H,2,9-12H2,1H3. The summed E-state index contributed by atoms with van der Waals surface area (Å²) in [7, 11) is 1.58. The molecule has 1 aliphatic rings. The van der Waals surface area contributed by atoms with Crippen LogP contribution in [0.1, 0.15) is 17.7 Å². The molecule has 0 aliphatic carbocycles. The average molecular weight is 437 g/mol. The Morgan fingerprint density at radius 1 is 1.13 bits per heavy atom. The van der Waals surface area contributed by atoms with Gasteiger partial charge in [0.05, 0.1) is 16.5 Å². The first-order chi connectivity index (χ1) is 14.8. The Morgan fingerprint density at radius 2 is 1.87 bits per heavy atom. The molecule has 9 heteroatoms. The van der Waals surface area contributed by atoms with Crippen molar-refractivity contribution in [2.45, 2.75) is 19.1 Å². The second-order valence-corrected chi connectivity index (χ2v) is 7.23. The minimum absolute atomic E-state index is 0.00779. The van der Waals surface area contributed by atoms with Crippen LogP contribution in [0.4, 0.5) is 17.6 Å². The summed E-state index contributed by atoms with van der Waals surface area (Å²) in [5.41, 5.74) is -1.32. The molecule has 31 heavy (non-hydrogen) atoms. The Balaban J connectivity index is 1.88. The van der Waals surface area contributed by atoms with E-state index in [9.17, 15) is 22.4 Å². The molecule has 0 saturated heterocycles. The zero-order chi connectivity index (χ0) is 22.2. The third kappa shape index (κ3) is 4.15. The van der Waals surface area contributed by atoms with E-state index < -0.39 is 28.7 Å². The number of rotatable bonds is 5. The van der Waals surface area contributed by atoms with Crippen LogP contribution in [0, 0.1) is 5.82 Å². The number of methoxy groups -OCH3 is 1. The van der Waals surface area contributed by atoms with Crippen LogP contribution in [0.3, 0.4) is 0 Å². The van der Waals surface area contributed by atoms with Crippen LogP contribution in [-0.4, -0.2) is 31.9 Å². The number of halogens is 4. The topological polar surface area (TPSA) is 51.9 Å². The van der Waals surface area contributed by atoms with Crippen molar-refractivity contribution in [1.82, 2.24) is 4.90 Å². The van der Waals surface area contributed by atoms with Gasteiger partial charge in [-0.3, -0.25) is 9.69 Å². The highest BCUT2D eigenvalue weighted by Crippen LogP contribution is 2.40. The maximum atomic E-state index is 13.9. The summed E-state index contributed by atoms with van der Waals surface area (Å²) >= 11 is 0. The van der Waals surface area contributed by atoms with E-state index in [0.29, 0.717) is 30.9 Å². The molecule has 0 saturated carbocycles. The summed E-state index contributed by atoms with van der Waals surface area (Å²) in [6.45, 7) is 1.68. The van der Waals surface area contributed by atoms with Crippen molar-refractivity contribution in [1.29, 1.82) is 0 Å². The summed E-state index contributed by atoms with van der Waals surface area (Å²) in [6, 6.07) is 7.20. The van der Waals surface area contributed by atoms with Gasteiger partial charge < -0.3 is 13.9 Å². The predicted octanol–water partition coefficient (Wildman–Crippen LogP) is 4.81. The lowest BCUT2D eigenvalue weighted by Gasteiger charge is -2.29. The lowest BCUT2D eigenvalue weighted by molar-refractivity contribution is -0.152. The van der Waals surface area contributed by atoms with Gasteiger partial charge >= 0.3 is 6.18 Å². The second-order valence-electron chi connectivity index (χ2n) is 7.23. The molecule has 0 N–H and O–H groups in total. The first-order valence-corrected chi connectivity index (χ1v) is 9.59. The molecular weight excluding hydrogens is 418 g/mol. The molecule has 4 rings (SSSR count). The molecule has 0 spiro atoms. The van der Waals surface area contributed by atoms with Crippen molar-refractivity contribution in [3.8, 4) is 16.9 Å². The summed E-state index contributed by atoms with van der Waals surface area (Å²) in [4.78, 5) is 15.0. The fourth-order valence-corrected chi connectivity index (χ4v) is 3.67. The van der Waals surface area contributed by atoms with Gasteiger partial charge in [0.25, 0.3) is 0 Å². The van der Waals surface area contributed by atoms with Gasteiger partial charge in [-0.05, 0) is 36.2 Å². The molecular formula is C22H19F4NO4. The van der Waals surface area contributed by atoms with E-state index in [4.69, 9.17) is 13.9 Å². The highest BCUT2D eigenvalue weighted by Gasteiger charge is 2.40. The number of benzene rings is 2. The number of hydrogen-bond donors (Lipinski definition) is 0. The van der Waals surface area contributed by atoms with E-state index >= 15 is 0 Å². The van der Waals surface area contributed by atoms with Crippen LogP contribution in [0.25, 0.3) is 22.1 Å². The van der Waals surface area contributed by atoms with E-state index in [1.165, 1.54) is 6.07 Å². The number of ether oxygens (including phenoxy) is 2. The SMILES string of the molecule is COCCCN1COc2ccc3c(=O)c(-c4ccc(F)cc4)c(C(F)(F)F)oc3c2C1. The fourth-order valence-electron chi connectivity index (χ4n) is 3.67. The zero-order valence-electron chi connectivity index (χ0n) is 16.6. The monoisotopic (exact) mass is 437 g/mol. The Morgan fingerprint density at radius 3 is 2.55 bits per heavy atom. The molecule has 1 aromatic heterocycles. The molecule has 0 bridgehead atoms. The average Bonchev–Trinajstić information content (AvgIpc) is 2.74. The maximum absolute atomic E-state index is 13.9. The highest BCUT2D eigenvalue weighted by molar-refractivity contribution is 5.87. The Hall–Kier alpha value is -2.91. The van der Waals surface area contributed by atoms with E-state index in [0.717, 1.165) is 24.3 Å². The van der Waals surface area contributed by atoms with Crippen LogP contribution in [0.2, 0.25) is 0 Å². The largest absolute Gasteiger partial charge is 0.478 e. The fraction of sp³-hybridized carbons (Fsp3) is 0.318. The van der Waals surface area contributed by atoms with Crippen molar-refractivity contribution in [2.75, 3.05) is 27.0 Å². The smallest absolute Gasteiger partial charge is 0.450 e. The molecule has 0 unspecified atom stereocenters. The summed E-state index contributed by atoms with van der Waals surface area (Å²) in [5.74, 6) is -1.66. The second kappa shape index (κ2) is 8.32. The Bertz CT molecular complexity index is 1160. The van der Waals surface area contributed by atoms with E-state index in [1.54, 1.807) is 13.2 Å². The molecule has 0 amide bonds. The van der Waals surface area contributed by atoms with Crippen molar-refractivity contribution in [3.05, 3.63) is 63.8 Å². The van der Waals surface area contributed by atoms with Gasteiger partial charge in [0, 0.05) is 26.8 Å². The normalized spacial score (nSPS) is 14.5. The molecule has 5 nitrogen and oxygen atoms in total. The van der Waals surface area contributed by atoms with Gasteiger partial charge in [-0.1, -0.05) is 12.1 Å². The highest BCUT2D eigenvalue weighted by atomic mass is 19.4. The number of fused-ring (bicyclic) bond motifs is 3. The first kappa shape index (κ1) is 21.3. The van der Waals surface area contributed by atoms with E-state index in [-0.39, 0.29) is 29.8 Å². The van der Waals surface area contributed by atoms with E-state index in [2.05, 4.69) is 0 Å². The van der Waals surface area contributed by atoms with Crippen LogP contribution in [0.15, 0.2) is 45.6 Å². The minimum Gasteiger partial charge on any atom is -0.478 e. The molecule has 3 aromatic rings.